The maximum absolute atomic E-state index is 12.5. The highest BCUT2D eigenvalue weighted by molar-refractivity contribution is 6.34. The molecule has 2 unspecified atom stereocenters. The molecular weight excluding hydrogens is 390 g/mol. The summed E-state index contributed by atoms with van der Waals surface area (Å²) in [5, 5.41) is 25.8. The highest BCUT2D eigenvalue weighted by Crippen LogP contribution is 2.22. The Morgan fingerprint density at radius 3 is 2.57 bits per heavy atom. The first-order chi connectivity index (χ1) is 13.2. The normalized spacial score (nSPS) is 13.0. The van der Waals surface area contributed by atoms with Crippen molar-refractivity contribution in [1.29, 1.82) is 0 Å². The van der Waals surface area contributed by atoms with Crippen LogP contribution < -0.4 is 10.6 Å². The lowest BCUT2D eigenvalue weighted by atomic mass is 10.0. The smallest absolute Gasteiger partial charge is 0.270 e. The van der Waals surface area contributed by atoms with Gasteiger partial charge in [0.05, 0.1) is 28.3 Å². The number of furan rings is 1. The Kier molecular flexibility index (Phi) is 7.13. The van der Waals surface area contributed by atoms with E-state index in [9.17, 15) is 24.8 Å². The average molecular weight is 410 g/mol. The van der Waals surface area contributed by atoms with Gasteiger partial charge in [-0.05, 0) is 24.1 Å². The number of nitrogens with one attached hydrogen (secondary N) is 2. The van der Waals surface area contributed by atoms with Crippen molar-refractivity contribution in [3.8, 4) is 0 Å². The molecule has 1 heterocycles. The van der Waals surface area contributed by atoms with E-state index in [0.717, 1.165) is 12.1 Å². The van der Waals surface area contributed by atoms with Gasteiger partial charge in [0, 0.05) is 12.1 Å². The number of rotatable bonds is 8. The largest absolute Gasteiger partial charge is 0.467 e. The highest BCUT2D eigenvalue weighted by atomic mass is 35.5. The second kappa shape index (κ2) is 9.34. The van der Waals surface area contributed by atoms with Crippen molar-refractivity contribution in [1.82, 2.24) is 10.6 Å². The molecule has 0 bridgehead atoms. The molecule has 0 aliphatic rings. The zero-order valence-corrected chi connectivity index (χ0v) is 16.0. The fraction of sp³-hybridized carbons (Fsp3) is 0.333. The number of hydrogen-bond acceptors (Lipinski definition) is 6. The van der Waals surface area contributed by atoms with E-state index < -0.39 is 28.9 Å². The molecule has 1 aromatic carbocycles. The van der Waals surface area contributed by atoms with Crippen LogP contribution in [0, 0.1) is 16.0 Å². The molecule has 0 radical (unpaired) electrons. The number of aliphatic hydroxyl groups is 1. The number of benzene rings is 1. The number of amides is 2. The van der Waals surface area contributed by atoms with Crippen LogP contribution in [0.3, 0.4) is 0 Å². The van der Waals surface area contributed by atoms with Crippen molar-refractivity contribution in [2.75, 3.05) is 6.54 Å². The molecule has 0 saturated carbocycles. The van der Waals surface area contributed by atoms with E-state index >= 15 is 0 Å². The second-order valence-electron chi connectivity index (χ2n) is 6.39. The van der Waals surface area contributed by atoms with Crippen LogP contribution >= 0.6 is 11.6 Å². The molecule has 0 saturated heterocycles. The molecule has 9 nitrogen and oxygen atoms in total. The monoisotopic (exact) mass is 409 g/mol. The summed E-state index contributed by atoms with van der Waals surface area (Å²) in [5.74, 6) is -1.09. The number of carbonyl (C=O) groups excluding carboxylic acids is 2. The van der Waals surface area contributed by atoms with Crippen LogP contribution in [0.25, 0.3) is 0 Å². The lowest BCUT2D eigenvalue weighted by molar-refractivity contribution is -0.384. The minimum absolute atomic E-state index is 0.0151. The van der Waals surface area contributed by atoms with Crippen LogP contribution in [0.4, 0.5) is 5.69 Å². The van der Waals surface area contributed by atoms with E-state index in [1.54, 1.807) is 26.0 Å². The number of nitro benzene ring substituents is 1. The second-order valence-corrected chi connectivity index (χ2v) is 6.80. The van der Waals surface area contributed by atoms with Crippen molar-refractivity contribution >= 4 is 29.1 Å². The average Bonchev–Trinajstić information content (AvgIpc) is 3.18. The van der Waals surface area contributed by atoms with Crippen LogP contribution in [0.1, 0.15) is 36.1 Å². The number of nitrogens with zero attached hydrogens (tertiary/aromatic N) is 1. The van der Waals surface area contributed by atoms with Crippen molar-refractivity contribution in [3.63, 3.8) is 0 Å². The van der Waals surface area contributed by atoms with Gasteiger partial charge in [0.1, 0.15) is 17.9 Å². The van der Waals surface area contributed by atoms with E-state index in [0.29, 0.717) is 5.76 Å². The molecule has 2 rings (SSSR count). The number of non-ortho nitro benzene ring substituents is 1. The Balaban J connectivity index is 2.04. The molecule has 3 N–H and O–H groups in total. The summed E-state index contributed by atoms with van der Waals surface area (Å²) >= 11 is 5.96. The fourth-order valence-electron chi connectivity index (χ4n) is 2.44. The number of nitro groups is 1. The molecular formula is C18H20ClN3O6. The topological polar surface area (TPSA) is 135 Å². The molecule has 28 heavy (non-hydrogen) atoms. The summed E-state index contributed by atoms with van der Waals surface area (Å²) in [6.45, 7) is 3.39. The Labute approximate surface area is 165 Å². The fourth-order valence-corrected chi connectivity index (χ4v) is 2.70. The van der Waals surface area contributed by atoms with Gasteiger partial charge in [-0.3, -0.25) is 19.7 Å². The summed E-state index contributed by atoms with van der Waals surface area (Å²) in [6.07, 6.45) is 0.387. The van der Waals surface area contributed by atoms with E-state index in [4.69, 9.17) is 16.0 Å². The zero-order chi connectivity index (χ0) is 20.8. The third kappa shape index (κ3) is 5.30. The summed E-state index contributed by atoms with van der Waals surface area (Å²) in [4.78, 5) is 35.1. The molecule has 10 heteroatoms. The van der Waals surface area contributed by atoms with Gasteiger partial charge < -0.3 is 20.2 Å². The SMILES string of the molecule is CC(C)C(NC(=O)c1ccc([N+](=O)[O-])cc1Cl)C(=O)NCC(O)c1ccco1. The van der Waals surface area contributed by atoms with E-state index in [-0.39, 0.29) is 28.7 Å². The standard InChI is InChI=1S/C18H20ClN3O6/c1-10(2)16(18(25)20-9-14(23)15-4-3-7-28-15)21-17(24)12-6-5-11(22(26)27)8-13(12)19/h3-8,10,14,16,23H,9H2,1-2H3,(H,20,25)(H,21,24). The van der Waals surface area contributed by atoms with Crippen LogP contribution in [0.15, 0.2) is 41.0 Å². The number of halogens is 1. The molecule has 0 spiro atoms. The van der Waals surface area contributed by atoms with E-state index in [1.165, 1.54) is 12.3 Å². The quantitative estimate of drug-likeness (QED) is 0.452. The Bertz CT molecular complexity index is 853. The third-order valence-electron chi connectivity index (χ3n) is 3.99. The Morgan fingerprint density at radius 1 is 1.32 bits per heavy atom. The zero-order valence-electron chi connectivity index (χ0n) is 15.2. The van der Waals surface area contributed by atoms with Gasteiger partial charge in [0.25, 0.3) is 11.6 Å². The molecule has 2 atom stereocenters. The molecule has 150 valence electrons. The van der Waals surface area contributed by atoms with Crippen LogP contribution in [-0.4, -0.2) is 34.4 Å². The van der Waals surface area contributed by atoms with Crippen LogP contribution in [0.2, 0.25) is 5.02 Å². The highest BCUT2D eigenvalue weighted by Gasteiger charge is 2.26. The first kappa shape index (κ1) is 21.4. The van der Waals surface area contributed by atoms with Crippen LogP contribution in [-0.2, 0) is 4.79 Å². The maximum atomic E-state index is 12.5. The molecule has 0 aliphatic heterocycles. The van der Waals surface area contributed by atoms with Gasteiger partial charge >= 0.3 is 0 Å². The van der Waals surface area contributed by atoms with Gasteiger partial charge in [0.2, 0.25) is 5.91 Å². The van der Waals surface area contributed by atoms with Gasteiger partial charge in [-0.15, -0.1) is 0 Å². The predicted molar refractivity (Wildman–Crippen MR) is 101 cm³/mol. The molecule has 0 fully saturated rings. The lowest BCUT2D eigenvalue weighted by Gasteiger charge is -2.22. The van der Waals surface area contributed by atoms with E-state index in [2.05, 4.69) is 10.6 Å². The number of hydrogen-bond donors (Lipinski definition) is 3. The molecule has 2 aromatic rings. The maximum Gasteiger partial charge on any atom is 0.270 e. The van der Waals surface area contributed by atoms with E-state index in [1.807, 2.05) is 0 Å². The lowest BCUT2D eigenvalue weighted by Crippen LogP contribution is -2.50. The first-order valence-corrected chi connectivity index (χ1v) is 8.82. The minimum Gasteiger partial charge on any atom is -0.467 e. The first-order valence-electron chi connectivity index (χ1n) is 8.44. The van der Waals surface area contributed by atoms with Gasteiger partial charge in [-0.2, -0.15) is 0 Å². The molecule has 2 amide bonds. The summed E-state index contributed by atoms with van der Waals surface area (Å²) in [6, 6.07) is 5.75. The van der Waals surface area contributed by atoms with Crippen LogP contribution in [0.5, 0.6) is 0 Å². The predicted octanol–water partition coefficient (Wildman–Crippen LogP) is 2.45. The summed E-state index contributed by atoms with van der Waals surface area (Å²) in [5.41, 5.74) is -0.229. The molecule has 1 aromatic heterocycles. The number of aliphatic hydroxyl groups excluding tert-OH is 1. The third-order valence-corrected chi connectivity index (χ3v) is 4.30. The van der Waals surface area contributed by atoms with Crippen molar-refractivity contribution < 1.29 is 24.0 Å². The minimum atomic E-state index is -1.02. The van der Waals surface area contributed by atoms with Crippen molar-refractivity contribution in [2.45, 2.75) is 26.0 Å². The Hall–Kier alpha value is -2.91. The van der Waals surface area contributed by atoms with Crippen molar-refractivity contribution in [3.05, 3.63) is 63.1 Å². The number of carbonyl (C=O) groups is 2. The van der Waals surface area contributed by atoms with Gasteiger partial charge in [0.15, 0.2) is 0 Å². The summed E-state index contributed by atoms with van der Waals surface area (Å²) in [7, 11) is 0. The molecule has 0 aliphatic carbocycles. The van der Waals surface area contributed by atoms with Gasteiger partial charge in [-0.1, -0.05) is 25.4 Å². The Morgan fingerprint density at radius 2 is 2.04 bits per heavy atom. The van der Waals surface area contributed by atoms with Gasteiger partial charge in [-0.25, -0.2) is 0 Å². The van der Waals surface area contributed by atoms with Crippen molar-refractivity contribution in [2.24, 2.45) is 5.92 Å². The summed E-state index contributed by atoms with van der Waals surface area (Å²) < 4.78 is 5.06.